The maximum Gasteiger partial charge on any atom is 0.224 e. The van der Waals surface area contributed by atoms with E-state index >= 15 is 0 Å². The van der Waals surface area contributed by atoms with Crippen molar-refractivity contribution in [3.8, 4) is 5.75 Å². The Morgan fingerprint density at radius 3 is 2.62 bits per heavy atom. The molecule has 110 valence electrons. The van der Waals surface area contributed by atoms with Crippen LogP contribution in [-0.4, -0.2) is 23.6 Å². The van der Waals surface area contributed by atoms with Gasteiger partial charge in [-0.25, -0.2) is 0 Å². The minimum absolute atomic E-state index is 0.0232. The van der Waals surface area contributed by atoms with Gasteiger partial charge in [0.25, 0.3) is 0 Å². The molecule has 0 spiro atoms. The smallest absolute Gasteiger partial charge is 0.224 e. The molecule has 2 aromatic rings. The van der Waals surface area contributed by atoms with Gasteiger partial charge in [-0.15, -0.1) is 0 Å². The van der Waals surface area contributed by atoms with Crippen LogP contribution in [-0.2, 0) is 11.2 Å². The summed E-state index contributed by atoms with van der Waals surface area (Å²) < 4.78 is 0. The van der Waals surface area contributed by atoms with E-state index in [1.807, 2.05) is 43.3 Å². The molecule has 4 heteroatoms. The lowest BCUT2D eigenvalue weighted by molar-refractivity contribution is -0.120. The summed E-state index contributed by atoms with van der Waals surface area (Å²) in [4.78, 5) is 11.9. The molecule has 2 rings (SSSR count). The molecule has 0 radical (unpaired) electrons. The van der Waals surface area contributed by atoms with E-state index in [9.17, 15) is 9.90 Å². The molecule has 2 aromatic carbocycles. The van der Waals surface area contributed by atoms with E-state index in [-0.39, 0.29) is 24.1 Å². The van der Waals surface area contributed by atoms with E-state index in [1.54, 1.807) is 18.2 Å². The third kappa shape index (κ3) is 5.18. The average molecular weight is 284 g/mol. The van der Waals surface area contributed by atoms with Gasteiger partial charge in [-0.3, -0.25) is 4.79 Å². The quantitative estimate of drug-likeness (QED) is 0.764. The fraction of sp³-hybridized carbons (Fsp3) is 0.235. The van der Waals surface area contributed by atoms with Crippen LogP contribution in [0.4, 0.5) is 5.69 Å². The van der Waals surface area contributed by atoms with Crippen molar-refractivity contribution in [3.63, 3.8) is 0 Å². The number of phenols is 1. The first-order valence-corrected chi connectivity index (χ1v) is 6.99. The molecular formula is C17H20N2O2. The van der Waals surface area contributed by atoms with Gasteiger partial charge in [0.05, 0.1) is 6.42 Å². The minimum atomic E-state index is -0.0528. The number of para-hydroxylation sites is 1. The summed E-state index contributed by atoms with van der Waals surface area (Å²) in [6.07, 6.45) is 0.268. The van der Waals surface area contributed by atoms with Crippen LogP contribution < -0.4 is 10.6 Å². The molecular weight excluding hydrogens is 264 g/mol. The number of nitrogens with one attached hydrogen (secondary N) is 2. The van der Waals surface area contributed by atoms with Gasteiger partial charge in [0.15, 0.2) is 0 Å². The first-order valence-electron chi connectivity index (χ1n) is 6.99. The molecule has 0 unspecified atom stereocenters. The number of carbonyl (C=O) groups is 1. The Bertz CT molecular complexity index is 584. The number of amides is 1. The van der Waals surface area contributed by atoms with Gasteiger partial charge >= 0.3 is 0 Å². The number of hydrogen-bond donors (Lipinski definition) is 3. The Morgan fingerprint density at radius 2 is 1.90 bits per heavy atom. The molecule has 0 saturated carbocycles. The summed E-state index contributed by atoms with van der Waals surface area (Å²) in [7, 11) is 0. The zero-order valence-corrected chi connectivity index (χ0v) is 12.0. The zero-order valence-electron chi connectivity index (χ0n) is 12.0. The second-order valence-corrected chi connectivity index (χ2v) is 5.06. The zero-order chi connectivity index (χ0) is 15.1. The minimum Gasteiger partial charge on any atom is -0.508 e. The highest BCUT2D eigenvalue weighted by molar-refractivity contribution is 5.79. The fourth-order valence-electron chi connectivity index (χ4n) is 2.06. The Balaban J connectivity index is 1.77. The van der Waals surface area contributed by atoms with Gasteiger partial charge in [0, 0.05) is 18.3 Å². The summed E-state index contributed by atoms with van der Waals surface area (Å²) in [6.45, 7) is 2.62. The SMILES string of the molecule is C[C@@H](CNc1ccccc1)NC(=O)Cc1cccc(O)c1. The van der Waals surface area contributed by atoms with E-state index < -0.39 is 0 Å². The molecule has 0 aliphatic heterocycles. The summed E-state index contributed by atoms with van der Waals surface area (Å²) in [5.41, 5.74) is 1.84. The molecule has 0 saturated heterocycles. The second kappa shape index (κ2) is 7.33. The summed E-state index contributed by atoms with van der Waals surface area (Å²) in [6, 6.07) is 16.6. The summed E-state index contributed by atoms with van der Waals surface area (Å²) in [5.74, 6) is 0.127. The van der Waals surface area contributed by atoms with Gasteiger partial charge < -0.3 is 15.7 Å². The van der Waals surface area contributed by atoms with E-state index in [4.69, 9.17) is 0 Å². The fourth-order valence-corrected chi connectivity index (χ4v) is 2.06. The van der Waals surface area contributed by atoms with Crippen LogP contribution in [0.1, 0.15) is 12.5 Å². The van der Waals surface area contributed by atoms with Crippen molar-refractivity contribution in [2.24, 2.45) is 0 Å². The number of benzene rings is 2. The molecule has 1 atom stereocenters. The van der Waals surface area contributed by atoms with E-state index in [0.717, 1.165) is 11.3 Å². The number of anilines is 1. The molecule has 0 bridgehead atoms. The monoisotopic (exact) mass is 284 g/mol. The highest BCUT2D eigenvalue weighted by Crippen LogP contribution is 2.11. The van der Waals surface area contributed by atoms with Crippen molar-refractivity contribution in [2.45, 2.75) is 19.4 Å². The van der Waals surface area contributed by atoms with Gasteiger partial charge in [-0.1, -0.05) is 30.3 Å². The number of rotatable bonds is 6. The van der Waals surface area contributed by atoms with Crippen LogP contribution in [0.3, 0.4) is 0 Å². The first kappa shape index (κ1) is 14.9. The van der Waals surface area contributed by atoms with Crippen molar-refractivity contribution in [2.75, 3.05) is 11.9 Å². The molecule has 1 amide bonds. The van der Waals surface area contributed by atoms with Crippen LogP contribution >= 0.6 is 0 Å². The van der Waals surface area contributed by atoms with Gasteiger partial charge in [-0.05, 0) is 36.8 Å². The maximum atomic E-state index is 11.9. The topological polar surface area (TPSA) is 61.4 Å². The van der Waals surface area contributed by atoms with Crippen molar-refractivity contribution in [1.82, 2.24) is 5.32 Å². The molecule has 4 nitrogen and oxygen atoms in total. The average Bonchev–Trinajstić information content (AvgIpc) is 2.46. The molecule has 3 N–H and O–H groups in total. The van der Waals surface area contributed by atoms with E-state index in [2.05, 4.69) is 10.6 Å². The predicted molar refractivity (Wildman–Crippen MR) is 84.3 cm³/mol. The predicted octanol–water partition coefficient (Wildman–Crippen LogP) is 2.55. The molecule has 21 heavy (non-hydrogen) atoms. The van der Waals surface area contributed by atoms with Crippen molar-refractivity contribution in [1.29, 1.82) is 0 Å². The normalized spacial score (nSPS) is 11.7. The largest absolute Gasteiger partial charge is 0.508 e. The Labute approximate surface area is 124 Å². The molecule has 0 aliphatic carbocycles. The van der Waals surface area contributed by atoms with Gasteiger partial charge in [0.2, 0.25) is 5.91 Å². The van der Waals surface area contributed by atoms with Crippen molar-refractivity contribution < 1.29 is 9.90 Å². The third-order valence-corrected chi connectivity index (χ3v) is 3.07. The lowest BCUT2D eigenvalue weighted by Crippen LogP contribution is -2.38. The Kier molecular flexibility index (Phi) is 5.21. The van der Waals surface area contributed by atoms with Crippen LogP contribution in [0.5, 0.6) is 5.75 Å². The third-order valence-electron chi connectivity index (χ3n) is 3.07. The van der Waals surface area contributed by atoms with Crippen LogP contribution in [0.2, 0.25) is 0 Å². The van der Waals surface area contributed by atoms with Gasteiger partial charge in [0.1, 0.15) is 5.75 Å². The van der Waals surface area contributed by atoms with Gasteiger partial charge in [-0.2, -0.15) is 0 Å². The van der Waals surface area contributed by atoms with E-state index in [1.165, 1.54) is 0 Å². The molecule has 0 heterocycles. The maximum absolute atomic E-state index is 11.9. The van der Waals surface area contributed by atoms with Crippen LogP contribution in [0.15, 0.2) is 54.6 Å². The number of aromatic hydroxyl groups is 1. The molecule has 0 fully saturated rings. The van der Waals surface area contributed by atoms with E-state index in [0.29, 0.717) is 6.54 Å². The first-order chi connectivity index (χ1) is 10.1. The number of hydrogen-bond acceptors (Lipinski definition) is 3. The highest BCUT2D eigenvalue weighted by Gasteiger charge is 2.08. The highest BCUT2D eigenvalue weighted by atomic mass is 16.3. The van der Waals surface area contributed by atoms with Crippen LogP contribution in [0, 0.1) is 0 Å². The Hall–Kier alpha value is -2.49. The van der Waals surface area contributed by atoms with Crippen molar-refractivity contribution in [3.05, 3.63) is 60.2 Å². The van der Waals surface area contributed by atoms with Crippen LogP contribution in [0.25, 0.3) is 0 Å². The lowest BCUT2D eigenvalue weighted by Gasteiger charge is -2.15. The summed E-state index contributed by atoms with van der Waals surface area (Å²) in [5, 5.41) is 15.6. The Morgan fingerprint density at radius 1 is 1.14 bits per heavy atom. The molecule has 0 aromatic heterocycles. The standard InChI is InChI=1S/C17H20N2O2/c1-13(12-18-15-7-3-2-4-8-15)19-17(21)11-14-6-5-9-16(20)10-14/h2-10,13,18,20H,11-12H2,1H3,(H,19,21)/t13-/m0/s1. The second-order valence-electron chi connectivity index (χ2n) is 5.06. The van der Waals surface area contributed by atoms with Crippen molar-refractivity contribution >= 4 is 11.6 Å². The molecule has 0 aliphatic rings. The summed E-state index contributed by atoms with van der Waals surface area (Å²) >= 11 is 0. The number of phenolic OH excluding ortho intramolecular Hbond substituents is 1. The lowest BCUT2D eigenvalue weighted by atomic mass is 10.1. The number of carbonyl (C=O) groups excluding carboxylic acids is 1.